The Kier molecular flexibility index (Phi) is 10.6. The SMILES string of the molecule is CCCC(CCC)C(=O)O[C@@H]1[C@H](O)[C@H](O)[C@@H](OC(=O)C(CCC)CCC)[C@@H]2OC(C)(C)O[C@H]21. The van der Waals surface area contributed by atoms with Gasteiger partial charge in [-0.05, 0) is 39.5 Å². The van der Waals surface area contributed by atoms with Crippen molar-refractivity contribution in [3.05, 3.63) is 0 Å². The van der Waals surface area contributed by atoms with Crippen LogP contribution in [0.2, 0.25) is 0 Å². The Morgan fingerprint density at radius 1 is 0.727 bits per heavy atom. The minimum atomic E-state index is -1.47. The molecule has 8 heteroatoms. The summed E-state index contributed by atoms with van der Waals surface area (Å²) < 4.78 is 23.4. The average Bonchev–Trinajstić information content (AvgIpc) is 3.08. The molecule has 0 amide bonds. The van der Waals surface area contributed by atoms with E-state index in [-0.39, 0.29) is 11.8 Å². The molecule has 1 aliphatic carbocycles. The van der Waals surface area contributed by atoms with Crippen molar-refractivity contribution in [1.82, 2.24) is 0 Å². The van der Waals surface area contributed by atoms with E-state index >= 15 is 0 Å². The molecule has 2 aliphatic rings. The van der Waals surface area contributed by atoms with Gasteiger partial charge in [0.2, 0.25) is 0 Å². The molecular weight excluding hydrogens is 428 g/mol. The molecule has 8 nitrogen and oxygen atoms in total. The fraction of sp³-hybridized carbons (Fsp3) is 0.920. The minimum absolute atomic E-state index is 0.280. The van der Waals surface area contributed by atoms with Crippen LogP contribution in [0.5, 0.6) is 0 Å². The van der Waals surface area contributed by atoms with Gasteiger partial charge in [0.15, 0.2) is 18.0 Å². The third-order valence-corrected chi connectivity index (χ3v) is 6.55. The first-order valence-corrected chi connectivity index (χ1v) is 12.7. The van der Waals surface area contributed by atoms with E-state index in [4.69, 9.17) is 18.9 Å². The molecule has 33 heavy (non-hydrogen) atoms. The molecule has 1 saturated carbocycles. The maximum Gasteiger partial charge on any atom is 0.309 e. The van der Waals surface area contributed by atoms with Crippen molar-refractivity contribution in [1.29, 1.82) is 0 Å². The fourth-order valence-corrected chi connectivity index (χ4v) is 4.99. The van der Waals surface area contributed by atoms with Gasteiger partial charge in [-0.1, -0.05) is 53.4 Å². The van der Waals surface area contributed by atoms with Gasteiger partial charge >= 0.3 is 11.9 Å². The Hall–Kier alpha value is -1.22. The van der Waals surface area contributed by atoms with Gasteiger partial charge in [0.1, 0.15) is 24.4 Å². The highest BCUT2D eigenvalue weighted by atomic mass is 16.8. The highest BCUT2D eigenvalue weighted by molar-refractivity contribution is 5.73. The van der Waals surface area contributed by atoms with Gasteiger partial charge < -0.3 is 29.2 Å². The van der Waals surface area contributed by atoms with Gasteiger partial charge in [-0.15, -0.1) is 0 Å². The van der Waals surface area contributed by atoms with Crippen molar-refractivity contribution in [3.8, 4) is 0 Å². The fourth-order valence-electron chi connectivity index (χ4n) is 4.99. The maximum atomic E-state index is 12.9. The molecule has 1 heterocycles. The second-order valence-corrected chi connectivity index (χ2v) is 9.90. The highest BCUT2D eigenvalue weighted by Crippen LogP contribution is 2.40. The number of rotatable bonds is 12. The van der Waals surface area contributed by atoms with Crippen molar-refractivity contribution >= 4 is 11.9 Å². The second-order valence-electron chi connectivity index (χ2n) is 9.90. The summed E-state index contributed by atoms with van der Waals surface area (Å²) >= 11 is 0. The molecule has 192 valence electrons. The van der Waals surface area contributed by atoms with E-state index < -0.39 is 54.3 Å². The zero-order chi connectivity index (χ0) is 24.8. The van der Waals surface area contributed by atoms with Crippen LogP contribution < -0.4 is 0 Å². The smallest absolute Gasteiger partial charge is 0.309 e. The molecule has 2 fully saturated rings. The van der Waals surface area contributed by atoms with Gasteiger partial charge in [0.05, 0.1) is 11.8 Å². The zero-order valence-corrected chi connectivity index (χ0v) is 21.1. The van der Waals surface area contributed by atoms with E-state index in [9.17, 15) is 19.8 Å². The van der Waals surface area contributed by atoms with Crippen LogP contribution in [0.25, 0.3) is 0 Å². The molecule has 0 radical (unpaired) electrons. The molecule has 0 aromatic carbocycles. The number of ether oxygens (including phenoxy) is 4. The van der Waals surface area contributed by atoms with Crippen molar-refractivity contribution in [2.75, 3.05) is 0 Å². The third kappa shape index (κ3) is 6.90. The molecular formula is C25H44O8. The van der Waals surface area contributed by atoms with E-state index in [0.717, 1.165) is 25.7 Å². The van der Waals surface area contributed by atoms with Crippen LogP contribution >= 0.6 is 0 Å². The summed E-state index contributed by atoms with van der Waals surface area (Å²) in [4.78, 5) is 25.8. The summed E-state index contributed by atoms with van der Waals surface area (Å²) in [6.45, 7) is 11.4. The Balaban J connectivity index is 2.23. The van der Waals surface area contributed by atoms with Gasteiger partial charge in [0, 0.05) is 0 Å². The summed E-state index contributed by atoms with van der Waals surface area (Å²) in [7, 11) is 0. The van der Waals surface area contributed by atoms with E-state index in [1.165, 1.54) is 0 Å². The number of aliphatic hydroxyl groups excluding tert-OH is 2. The Labute approximate surface area is 198 Å². The lowest BCUT2D eigenvalue weighted by atomic mass is 9.84. The Bertz CT molecular complexity index is 572. The molecule has 0 spiro atoms. The Morgan fingerprint density at radius 2 is 1.03 bits per heavy atom. The first-order chi connectivity index (χ1) is 15.6. The average molecular weight is 473 g/mol. The number of hydrogen-bond acceptors (Lipinski definition) is 8. The van der Waals surface area contributed by atoms with Crippen LogP contribution in [0.3, 0.4) is 0 Å². The van der Waals surface area contributed by atoms with E-state index in [1.807, 2.05) is 27.7 Å². The van der Waals surface area contributed by atoms with Gasteiger partial charge in [-0.3, -0.25) is 9.59 Å². The van der Waals surface area contributed by atoms with E-state index in [2.05, 4.69) is 0 Å². The third-order valence-electron chi connectivity index (χ3n) is 6.55. The molecule has 1 aliphatic heterocycles. The predicted molar refractivity (Wildman–Crippen MR) is 122 cm³/mol. The van der Waals surface area contributed by atoms with Crippen molar-refractivity contribution < 1.29 is 38.7 Å². The lowest BCUT2D eigenvalue weighted by Crippen LogP contribution is -2.65. The summed E-state index contributed by atoms with van der Waals surface area (Å²) in [5, 5.41) is 21.8. The number of carbonyl (C=O) groups excluding carboxylic acids is 2. The number of aliphatic hydroxyl groups is 2. The number of esters is 2. The maximum absolute atomic E-state index is 12.9. The van der Waals surface area contributed by atoms with Crippen LogP contribution in [-0.4, -0.2) is 64.6 Å². The van der Waals surface area contributed by atoms with E-state index in [1.54, 1.807) is 13.8 Å². The number of fused-ring (bicyclic) bond motifs is 1. The lowest BCUT2D eigenvalue weighted by molar-refractivity contribution is -0.223. The topological polar surface area (TPSA) is 112 Å². The van der Waals surface area contributed by atoms with Crippen molar-refractivity contribution in [2.45, 2.75) is 135 Å². The molecule has 2 rings (SSSR count). The molecule has 0 aromatic heterocycles. The van der Waals surface area contributed by atoms with Gasteiger partial charge in [0.25, 0.3) is 0 Å². The molecule has 6 atom stereocenters. The van der Waals surface area contributed by atoms with E-state index in [0.29, 0.717) is 25.7 Å². The van der Waals surface area contributed by atoms with Crippen molar-refractivity contribution in [3.63, 3.8) is 0 Å². The molecule has 0 aromatic rings. The summed E-state index contributed by atoms with van der Waals surface area (Å²) in [6.07, 6.45) is -0.804. The normalized spacial score (nSPS) is 31.0. The highest BCUT2D eigenvalue weighted by Gasteiger charge is 2.61. The predicted octanol–water partition coefficient (Wildman–Crippen LogP) is 3.50. The number of carbonyl (C=O) groups is 2. The monoisotopic (exact) mass is 472 g/mol. The van der Waals surface area contributed by atoms with Crippen LogP contribution in [0.15, 0.2) is 0 Å². The molecule has 0 unspecified atom stereocenters. The standard InChI is InChI=1S/C25H44O8/c1-7-11-15(12-8-2)23(28)30-19-17(26)18(27)20(22-21(19)32-25(5,6)33-22)31-24(29)16(13-9-3)14-10-4/h15-22,26-27H,7-14H2,1-6H3/t17-,18+,19-,20-,21+,22+/m1/s1. The van der Waals surface area contributed by atoms with Crippen LogP contribution in [0.4, 0.5) is 0 Å². The first kappa shape index (κ1) is 28.0. The second kappa shape index (κ2) is 12.5. The quantitative estimate of drug-likeness (QED) is 0.415. The van der Waals surface area contributed by atoms with Crippen LogP contribution in [-0.2, 0) is 28.5 Å². The van der Waals surface area contributed by atoms with Crippen molar-refractivity contribution in [2.24, 2.45) is 11.8 Å². The lowest BCUT2D eigenvalue weighted by Gasteiger charge is -2.42. The zero-order valence-electron chi connectivity index (χ0n) is 21.1. The number of hydrogen-bond donors (Lipinski definition) is 2. The molecule has 1 saturated heterocycles. The molecule has 2 N–H and O–H groups in total. The van der Waals surface area contributed by atoms with Crippen LogP contribution in [0, 0.1) is 11.8 Å². The van der Waals surface area contributed by atoms with Gasteiger partial charge in [-0.25, -0.2) is 0 Å². The largest absolute Gasteiger partial charge is 0.456 e. The first-order valence-electron chi connectivity index (χ1n) is 12.7. The molecule has 0 bridgehead atoms. The minimum Gasteiger partial charge on any atom is -0.456 e. The summed E-state index contributed by atoms with van der Waals surface area (Å²) in [5.74, 6) is -2.44. The summed E-state index contributed by atoms with van der Waals surface area (Å²) in [5.41, 5.74) is 0. The Morgan fingerprint density at radius 3 is 1.30 bits per heavy atom. The van der Waals surface area contributed by atoms with Gasteiger partial charge in [-0.2, -0.15) is 0 Å². The summed E-state index contributed by atoms with van der Waals surface area (Å²) in [6, 6.07) is 0. The van der Waals surface area contributed by atoms with Crippen LogP contribution in [0.1, 0.15) is 92.9 Å².